The maximum Gasteiger partial charge on any atom is 0.240 e. The summed E-state index contributed by atoms with van der Waals surface area (Å²) in [5, 5.41) is 11.7. The topological polar surface area (TPSA) is 131 Å². The minimum Gasteiger partial charge on any atom is -0.394 e. The van der Waals surface area contributed by atoms with Crippen LogP contribution in [-0.2, 0) is 21.8 Å². The van der Waals surface area contributed by atoms with Gasteiger partial charge in [-0.05, 0) is 30.3 Å². The van der Waals surface area contributed by atoms with Crippen molar-refractivity contribution < 1.29 is 18.3 Å². The fourth-order valence-corrected chi connectivity index (χ4v) is 3.52. The molecule has 0 spiro atoms. The van der Waals surface area contributed by atoms with Crippen LogP contribution < -0.4 is 10.0 Å². The van der Waals surface area contributed by atoms with E-state index in [1.807, 2.05) is 11.6 Å². The van der Waals surface area contributed by atoms with Crippen LogP contribution in [0, 0.1) is 0 Å². The molecular formula is C18H22N6O4S. The van der Waals surface area contributed by atoms with E-state index in [0.717, 1.165) is 5.69 Å². The predicted molar refractivity (Wildman–Crippen MR) is 107 cm³/mol. The van der Waals surface area contributed by atoms with Crippen molar-refractivity contribution >= 4 is 21.7 Å². The number of ether oxygens (including phenoxy) is 1. The summed E-state index contributed by atoms with van der Waals surface area (Å²) < 4.78 is 33.9. The number of aliphatic hydroxyl groups is 1. The zero-order valence-corrected chi connectivity index (χ0v) is 16.6. The molecule has 0 amide bonds. The smallest absolute Gasteiger partial charge is 0.240 e. The van der Waals surface area contributed by atoms with E-state index >= 15 is 0 Å². The van der Waals surface area contributed by atoms with Crippen LogP contribution >= 0.6 is 0 Å². The largest absolute Gasteiger partial charge is 0.394 e. The molecule has 154 valence electrons. The summed E-state index contributed by atoms with van der Waals surface area (Å²) in [6, 6.07) is 8.04. The molecule has 0 aliphatic heterocycles. The minimum absolute atomic E-state index is 0.101. The molecule has 11 heteroatoms. The van der Waals surface area contributed by atoms with Crippen molar-refractivity contribution in [2.45, 2.75) is 4.90 Å². The van der Waals surface area contributed by atoms with E-state index in [1.165, 1.54) is 12.1 Å². The molecule has 3 N–H and O–H groups in total. The molecule has 0 radical (unpaired) electrons. The lowest BCUT2D eigenvalue weighted by atomic mass is 10.3. The van der Waals surface area contributed by atoms with Gasteiger partial charge in [0.15, 0.2) is 0 Å². The van der Waals surface area contributed by atoms with Crippen LogP contribution in [0.15, 0.2) is 53.9 Å². The number of anilines is 2. The Balaban J connectivity index is 1.64. The van der Waals surface area contributed by atoms with E-state index in [-0.39, 0.29) is 31.3 Å². The Bertz CT molecular complexity index is 1040. The molecule has 0 fully saturated rings. The number of rotatable bonds is 10. The van der Waals surface area contributed by atoms with Gasteiger partial charge in [0.2, 0.25) is 16.0 Å². The molecule has 0 atom stereocenters. The van der Waals surface area contributed by atoms with Gasteiger partial charge in [0, 0.05) is 25.5 Å². The third-order valence-corrected chi connectivity index (χ3v) is 5.41. The van der Waals surface area contributed by atoms with E-state index in [4.69, 9.17) is 9.84 Å². The summed E-state index contributed by atoms with van der Waals surface area (Å²) in [7, 11) is -1.76. The first-order valence-corrected chi connectivity index (χ1v) is 10.3. The lowest BCUT2D eigenvalue weighted by Gasteiger charge is -2.09. The highest BCUT2D eigenvalue weighted by Gasteiger charge is 2.13. The summed E-state index contributed by atoms with van der Waals surface area (Å²) in [5.74, 6) is 0.387. The van der Waals surface area contributed by atoms with Crippen LogP contribution in [0.2, 0.25) is 0 Å². The number of hydrogen-bond acceptors (Lipinski definition) is 8. The van der Waals surface area contributed by atoms with Crippen LogP contribution in [0.3, 0.4) is 0 Å². The first kappa shape index (κ1) is 20.9. The number of imidazole rings is 1. The average Bonchev–Trinajstić information content (AvgIpc) is 3.14. The minimum atomic E-state index is -3.64. The van der Waals surface area contributed by atoms with Crippen LogP contribution in [0.4, 0.5) is 11.6 Å². The third kappa shape index (κ3) is 5.57. The predicted octanol–water partition coefficient (Wildman–Crippen LogP) is 0.908. The van der Waals surface area contributed by atoms with Crippen molar-refractivity contribution in [3.05, 3.63) is 49.1 Å². The van der Waals surface area contributed by atoms with Crippen LogP contribution in [0.25, 0.3) is 11.4 Å². The monoisotopic (exact) mass is 418 g/mol. The normalized spacial score (nSPS) is 11.5. The van der Waals surface area contributed by atoms with Gasteiger partial charge in [0.1, 0.15) is 0 Å². The first-order chi connectivity index (χ1) is 14.0. The highest BCUT2D eigenvalue weighted by Crippen LogP contribution is 2.20. The molecule has 1 aromatic carbocycles. The van der Waals surface area contributed by atoms with E-state index in [9.17, 15) is 8.42 Å². The molecule has 0 saturated carbocycles. The number of aryl methyl sites for hydroxylation is 1. The van der Waals surface area contributed by atoms with Gasteiger partial charge in [0.05, 0.1) is 48.6 Å². The van der Waals surface area contributed by atoms with Gasteiger partial charge in [-0.1, -0.05) is 0 Å². The van der Waals surface area contributed by atoms with Crippen LogP contribution in [0.5, 0.6) is 0 Å². The zero-order chi connectivity index (χ0) is 20.7. The number of hydrogen-bond donors (Lipinski definition) is 3. The molecular weight excluding hydrogens is 396 g/mol. The third-order valence-electron chi connectivity index (χ3n) is 3.93. The first-order valence-electron chi connectivity index (χ1n) is 8.85. The molecule has 0 saturated heterocycles. The lowest BCUT2D eigenvalue weighted by molar-refractivity contribution is 0.0961. The Morgan fingerprint density at radius 3 is 2.66 bits per heavy atom. The molecule has 0 bridgehead atoms. The van der Waals surface area contributed by atoms with Crippen molar-refractivity contribution in [2.24, 2.45) is 7.05 Å². The molecule has 0 unspecified atom stereocenters. The van der Waals surface area contributed by atoms with E-state index in [0.29, 0.717) is 17.3 Å². The second kappa shape index (κ2) is 9.56. The van der Waals surface area contributed by atoms with Gasteiger partial charge in [-0.2, -0.15) is 0 Å². The van der Waals surface area contributed by atoms with E-state index in [2.05, 4.69) is 25.0 Å². The Morgan fingerprint density at radius 2 is 1.97 bits per heavy atom. The molecule has 2 heterocycles. The summed E-state index contributed by atoms with van der Waals surface area (Å²) in [4.78, 5) is 12.9. The highest BCUT2D eigenvalue weighted by molar-refractivity contribution is 7.89. The lowest BCUT2D eigenvalue weighted by Crippen LogP contribution is -2.27. The van der Waals surface area contributed by atoms with Crippen LogP contribution in [-0.4, -0.2) is 59.4 Å². The number of aromatic nitrogens is 4. The summed E-state index contributed by atoms with van der Waals surface area (Å²) in [6.07, 6.45) is 5.05. The van der Waals surface area contributed by atoms with Gasteiger partial charge < -0.3 is 19.7 Å². The second-order valence-corrected chi connectivity index (χ2v) is 7.81. The molecule has 10 nitrogen and oxygen atoms in total. The van der Waals surface area contributed by atoms with Crippen molar-refractivity contribution in [3.63, 3.8) is 0 Å². The summed E-state index contributed by atoms with van der Waals surface area (Å²) >= 11 is 0. The van der Waals surface area contributed by atoms with Gasteiger partial charge >= 0.3 is 0 Å². The van der Waals surface area contributed by atoms with Crippen molar-refractivity contribution in [3.8, 4) is 11.4 Å². The molecule has 3 rings (SSSR count). The SMILES string of the molecule is Cn1cncc1-c1ccnc(Nc2ccc(S(=O)(=O)NCCOCCO)cc2)n1. The van der Waals surface area contributed by atoms with Crippen molar-refractivity contribution in [2.75, 3.05) is 31.7 Å². The quantitative estimate of drug-likeness (QED) is 0.414. The standard InChI is InChI=1S/C18H22N6O4S/c1-24-13-19-12-17(24)16-6-7-20-18(23-16)22-14-2-4-15(5-3-14)29(26,27)21-8-10-28-11-9-25/h2-7,12-13,21,25H,8-11H2,1H3,(H,20,22,23). The fourth-order valence-electron chi connectivity index (χ4n) is 2.51. The van der Waals surface area contributed by atoms with Crippen molar-refractivity contribution in [1.82, 2.24) is 24.2 Å². The van der Waals surface area contributed by atoms with E-state index in [1.54, 1.807) is 36.9 Å². The van der Waals surface area contributed by atoms with Crippen molar-refractivity contribution in [1.29, 1.82) is 0 Å². The summed E-state index contributed by atoms with van der Waals surface area (Å²) in [5.41, 5.74) is 2.22. The molecule has 3 aromatic rings. The molecule has 0 aliphatic carbocycles. The average molecular weight is 418 g/mol. The van der Waals surface area contributed by atoms with Crippen LogP contribution in [0.1, 0.15) is 0 Å². The molecule has 29 heavy (non-hydrogen) atoms. The van der Waals surface area contributed by atoms with Gasteiger partial charge in [0.25, 0.3) is 0 Å². The van der Waals surface area contributed by atoms with E-state index < -0.39 is 10.0 Å². The Kier molecular flexibility index (Phi) is 6.88. The zero-order valence-electron chi connectivity index (χ0n) is 15.8. The number of sulfonamides is 1. The second-order valence-electron chi connectivity index (χ2n) is 6.04. The fraction of sp³-hybridized carbons (Fsp3) is 0.278. The summed E-state index contributed by atoms with van der Waals surface area (Å²) in [6.45, 7) is 0.378. The number of benzene rings is 1. The number of nitrogens with one attached hydrogen (secondary N) is 2. The number of nitrogens with zero attached hydrogens (tertiary/aromatic N) is 4. The Labute approximate surface area is 168 Å². The van der Waals surface area contributed by atoms with Gasteiger partial charge in [-0.3, -0.25) is 0 Å². The maximum atomic E-state index is 12.3. The maximum absolute atomic E-state index is 12.3. The van der Waals surface area contributed by atoms with Gasteiger partial charge in [-0.25, -0.2) is 28.1 Å². The molecule has 0 aliphatic rings. The number of aliphatic hydroxyl groups excluding tert-OH is 1. The Morgan fingerprint density at radius 1 is 1.17 bits per heavy atom. The molecule has 2 aromatic heterocycles. The highest BCUT2D eigenvalue weighted by atomic mass is 32.2. The Hall–Kier alpha value is -2.86. The van der Waals surface area contributed by atoms with Gasteiger partial charge in [-0.15, -0.1) is 0 Å².